The van der Waals surface area contributed by atoms with Gasteiger partial charge in [-0.3, -0.25) is 28.7 Å². The van der Waals surface area contributed by atoms with Gasteiger partial charge in [0.2, 0.25) is 23.6 Å². The van der Waals surface area contributed by atoms with Gasteiger partial charge in [0.05, 0.1) is 34.3 Å². The number of fused-ring (bicyclic) bond motifs is 3. The Morgan fingerprint density at radius 1 is 0.984 bits per heavy atom. The van der Waals surface area contributed by atoms with Gasteiger partial charge in [0.1, 0.15) is 29.0 Å². The second kappa shape index (κ2) is 20.1. The van der Waals surface area contributed by atoms with Gasteiger partial charge < -0.3 is 26.0 Å². The first-order valence-corrected chi connectivity index (χ1v) is 24.4. The first kappa shape index (κ1) is 47.0. The van der Waals surface area contributed by atoms with Gasteiger partial charge in [-0.1, -0.05) is 48.0 Å². The van der Waals surface area contributed by atoms with Crippen LogP contribution in [0.3, 0.4) is 0 Å². The van der Waals surface area contributed by atoms with Gasteiger partial charge in [0, 0.05) is 58.8 Å². The van der Waals surface area contributed by atoms with Gasteiger partial charge in [-0.25, -0.2) is 4.98 Å². The molecule has 4 amide bonds. The lowest BCUT2D eigenvalue weighted by molar-refractivity contribution is -0.142. The molecule has 0 bridgehead atoms. The number of aliphatic imine (C=N–C) groups is 1. The predicted molar refractivity (Wildman–Crippen MR) is 255 cm³/mol. The maximum Gasteiger partial charge on any atom is 0.247 e. The summed E-state index contributed by atoms with van der Waals surface area (Å²) in [6.07, 6.45) is 0.697. The molecule has 2 aliphatic heterocycles. The van der Waals surface area contributed by atoms with Crippen LogP contribution in [-0.2, 0) is 25.7 Å². The molecule has 64 heavy (non-hydrogen) atoms. The number of hydrogen-bond donors (Lipinski definition) is 4. The number of carbonyl (C=O) groups excluding carboxylic acids is 4. The molecule has 338 valence electrons. The van der Waals surface area contributed by atoms with Crippen LogP contribution in [-0.4, -0.2) is 101 Å². The van der Waals surface area contributed by atoms with Gasteiger partial charge >= 0.3 is 0 Å². The van der Waals surface area contributed by atoms with E-state index in [9.17, 15) is 24.3 Å². The number of thioether (sulfide) groups is 1. The lowest BCUT2D eigenvalue weighted by atomic mass is 9.99. The molecule has 0 radical (unpaired) electrons. The quantitative estimate of drug-likeness (QED) is 0.0772. The molecular weight excluding hydrogens is 890 g/mol. The number of amides is 4. The first-order chi connectivity index (χ1) is 30.5. The average molecular weight is 945 g/mol. The summed E-state index contributed by atoms with van der Waals surface area (Å²) in [5.41, 5.74) is 8.52. The minimum absolute atomic E-state index is 0.0167. The second-order valence-electron chi connectivity index (χ2n) is 16.8. The van der Waals surface area contributed by atoms with Crippen LogP contribution in [0.1, 0.15) is 97.0 Å². The largest absolute Gasteiger partial charge is 0.391 e. The fraction of sp³-hybridized carbons (Fsp3) is 0.435. The molecule has 4 atom stereocenters. The maximum absolute atomic E-state index is 14.2. The van der Waals surface area contributed by atoms with Crippen molar-refractivity contribution in [3.63, 3.8) is 0 Å². The van der Waals surface area contributed by atoms with Gasteiger partial charge in [0.25, 0.3) is 0 Å². The number of carbonyl (C=O) groups is 4. The minimum atomic E-state index is -0.959. The molecule has 2 aromatic carbocycles. The van der Waals surface area contributed by atoms with Crippen LogP contribution in [0.2, 0.25) is 5.02 Å². The molecule has 1 fully saturated rings. The lowest BCUT2D eigenvalue weighted by Gasteiger charge is -2.37. The van der Waals surface area contributed by atoms with Crippen molar-refractivity contribution in [1.82, 2.24) is 40.6 Å². The van der Waals surface area contributed by atoms with E-state index in [4.69, 9.17) is 16.6 Å². The van der Waals surface area contributed by atoms with Crippen molar-refractivity contribution >= 4 is 75.4 Å². The van der Waals surface area contributed by atoms with E-state index < -0.39 is 34.9 Å². The number of β-amino-alcohol motifs (C(OH)–C–C–N with tert-alkyl or cyclic N) is 1. The highest BCUT2D eigenvalue weighted by molar-refractivity contribution is 8.00. The van der Waals surface area contributed by atoms with Crippen LogP contribution in [0.15, 0.2) is 59.0 Å². The van der Waals surface area contributed by atoms with E-state index in [1.54, 1.807) is 22.7 Å². The number of nitrogens with one attached hydrogen (secondary N) is 3. The van der Waals surface area contributed by atoms with E-state index in [2.05, 4.69) is 45.0 Å². The molecule has 5 aromatic rings. The molecular formula is C46H54ClN9O5S3. The molecule has 4 unspecified atom stereocenters. The Balaban J connectivity index is 0.932. The molecule has 2 aliphatic rings. The van der Waals surface area contributed by atoms with E-state index in [0.717, 1.165) is 66.2 Å². The molecule has 3 aromatic heterocycles. The predicted octanol–water partition coefficient (Wildman–Crippen LogP) is 6.81. The highest BCUT2D eigenvalue weighted by Gasteiger charge is 2.46. The Labute approximate surface area is 390 Å². The summed E-state index contributed by atoms with van der Waals surface area (Å²) in [6, 6.07) is 13.0. The van der Waals surface area contributed by atoms with Crippen LogP contribution in [0.4, 0.5) is 0 Å². The van der Waals surface area contributed by atoms with E-state index in [0.29, 0.717) is 29.6 Å². The monoisotopic (exact) mass is 943 g/mol. The molecule has 1 saturated heterocycles. The highest BCUT2D eigenvalue weighted by atomic mass is 35.5. The van der Waals surface area contributed by atoms with E-state index in [1.807, 2.05) is 86.3 Å². The van der Waals surface area contributed by atoms with Crippen LogP contribution >= 0.6 is 46.0 Å². The summed E-state index contributed by atoms with van der Waals surface area (Å²) in [5.74, 6) is 0.644. The zero-order valence-electron chi connectivity index (χ0n) is 37.0. The first-order valence-electron chi connectivity index (χ1n) is 21.3. The Morgan fingerprint density at radius 2 is 1.70 bits per heavy atom. The van der Waals surface area contributed by atoms with Crippen molar-refractivity contribution in [2.75, 3.05) is 18.8 Å². The van der Waals surface area contributed by atoms with Gasteiger partial charge in [-0.15, -0.1) is 32.9 Å². The van der Waals surface area contributed by atoms with Crippen molar-refractivity contribution in [2.24, 2.45) is 4.99 Å². The van der Waals surface area contributed by atoms with E-state index >= 15 is 0 Å². The molecule has 4 N–H and O–H groups in total. The summed E-state index contributed by atoms with van der Waals surface area (Å²) >= 11 is 11.0. The maximum atomic E-state index is 14.2. The minimum Gasteiger partial charge on any atom is -0.391 e. The summed E-state index contributed by atoms with van der Waals surface area (Å²) < 4.78 is 1.25. The zero-order chi connectivity index (χ0) is 45.9. The standard InChI is InChI=1S/C46H54ClN9O5S3/c1-25-27(3)64-45-38(25)39(31-14-16-33(47)17-15-31)52-35(42-54-53-28(4)56(42)45)21-37(59)48-18-8-9-19-63-46(6,7)41(51-29(5)57)44(61)55-23-34(58)20-36(55)43(60)49-22-30-10-12-32(13-11-30)40-26(2)50-24-62-40/h10-17,24,34-36,41,58H,8-9,18-23H2,1-7H3,(H,48,59)(H,49,60)(H,51,57). The molecule has 5 heterocycles. The number of likely N-dealkylation sites (tertiary alicyclic amines) is 1. The Bertz CT molecular complexity index is 2550. The summed E-state index contributed by atoms with van der Waals surface area (Å²) in [5, 5.41) is 30.0. The normalized spacial score (nSPS) is 17.5. The summed E-state index contributed by atoms with van der Waals surface area (Å²) in [4.78, 5) is 67.0. The lowest BCUT2D eigenvalue weighted by Crippen LogP contribution is -2.59. The molecule has 0 saturated carbocycles. The number of aliphatic hydroxyl groups is 1. The third-order valence-corrected chi connectivity index (χ3v) is 15.6. The fourth-order valence-corrected chi connectivity index (χ4v) is 11.5. The van der Waals surface area contributed by atoms with Crippen molar-refractivity contribution in [3.05, 3.63) is 104 Å². The van der Waals surface area contributed by atoms with Crippen molar-refractivity contribution in [1.29, 1.82) is 0 Å². The number of thiazole rings is 1. The van der Waals surface area contributed by atoms with Crippen molar-refractivity contribution < 1.29 is 24.3 Å². The van der Waals surface area contributed by atoms with Crippen molar-refractivity contribution in [2.45, 2.75) is 110 Å². The number of unbranched alkanes of at least 4 members (excludes halogenated alkanes) is 1. The van der Waals surface area contributed by atoms with Crippen LogP contribution in [0.5, 0.6) is 0 Å². The Hall–Kier alpha value is -4.94. The van der Waals surface area contributed by atoms with Crippen LogP contribution in [0.25, 0.3) is 15.4 Å². The number of benzene rings is 2. The molecule has 18 heteroatoms. The van der Waals surface area contributed by atoms with Gasteiger partial charge in [-0.2, -0.15) is 11.8 Å². The number of nitrogens with zero attached hydrogens (tertiary/aromatic N) is 6. The number of aliphatic hydroxyl groups excluding tert-OH is 1. The molecule has 0 aliphatic carbocycles. The SMILES string of the molecule is CC(=O)NC(C(=O)N1CC(O)CC1C(=O)NCc1ccc(-c2scnc2C)cc1)C(C)(C)SCCCCNC(=O)CC1N=C(c2ccc(Cl)cc2)c2c(sc(C)c2C)-n2c(C)nnc21. The Morgan fingerprint density at radius 3 is 2.39 bits per heavy atom. The number of thiophene rings is 1. The third kappa shape index (κ3) is 10.4. The number of aryl methyl sites for hydroxylation is 3. The van der Waals surface area contributed by atoms with Gasteiger partial charge in [0.15, 0.2) is 5.82 Å². The fourth-order valence-electron chi connectivity index (χ4n) is 8.12. The average Bonchev–Trinajstić information content (AvgIpc) is 4.02. The van der Waals surface area contributed by atoms with Crippen LogP contribution < -0.4 is 16.0 Å². The van der Waals surface area contributed by atoms with Crippen LogP contribution in [0, 0.1) is 27.7 Å². The summed E-state index contributed by atoms with van der Waals surface area (Å²) in [6.45, 7) is 13.9. The Kier molecular flexibility index (Phi) is 14.7. The molecule has 0 spiro atoms. The number of halogens is 1. The number of aromatic nitrogens is 4. The van der Waals surface area contributed by atoms with E-state index in [-0.39, 0.29) is 43.7 Å². The smallest absolute Gasteiger partial charge is 0.247 e. The van der Waals surface area contributed by atoms with Gasteiger partial charge in [-0.05, 0) is 89.0 Å². The third-order valence-electron chi connectivity index (χ3n) is 11.7. The highest BCUT2D eigenvalue weighted by Crippen LogP contribution is 2.40. The summed E-state index contributed by atoms with van der Waals surface area (Å²) in [7, 11) is 0. The number of rotatable bonds is 16. The zero-order valence-corrected chi connectivity index (χ0v) is 40.2. The molecule has 14 nitrogen and oxygen atoms in total. The number of hydrogen-bond acceptors (Lipinski definition) is 12. The topological polar surface area (TPSA) is 184 Å². The molecule has 7 rings (SSSR count). The van der Waals surface area contributed by atoms with Crippen molar-refractivity contribution in [3.8, 4) is 15.4 Å². The van der Waals surface area contributed by atoms with E-state index in [1.165, 1.54) is 23.6 Å². The second-order valence-corrected chi connectivity index (χ2v) is 21.1.